The van der Waals surface area contributed by atoms with E-state index in [1.54, 1.807) is 10.9 Å². The van der Waals surface area contributed by atoms with Gasteiger partial charge >= 0.3 is 5.97 Å². The molecule has 5 nitrogen and oxygen atoms in total. The van der Waals surface area contributed by atoms with Crippen LogP contribution in [-0.2, 0) is 16.8 Å². The minimum Gasteiger partial charge on any atom is -0.479 e. The van der Waals surface area contributed by atoms with E-state index in [1.165, 1.54) is 25.7 Å². The van der Waals surface area contributed by atoms with E-state index in [0.29, 0.717) is 18.8 Å². The molecule has 0 amide bonds. The molecule has 0 bridgehead atoms. The van der Waals surface area contributed by atoms with Crippen LogP contribution < -0.4 is 0 Å². The Kier molecular flexibility index (Phi) is 2.42. The fraction of sp³-hybridized carbons (Fsp3) is 0.750. The molecule has 92 valence electrons. The van der Waals surface area contributed by atoms with Crippen molar-refractivity contribution in [3.05, 3.63) is 12.2 Å². The summed E-state index contributed by atoms with van der Waals surface area (Å²) in [5.41, 5.74) is -0.725. The van der Waals surface area contributed by atoms with Gasteiger partial charge in [-0.2, -0.15) is 0 Å². The first-order chi connectivity index (χ1) is 8.22. The third-order valence-corrected chi connectivity index (χ3v) is 4.15. The molecule has 17 heavy (non-hydrogen) atoms. The number of carboxylic acid groups (broad SMARTS) is 1. The van der Waals surface area contributed by atoms with Gasteiger partial charge in [0.15, 0.2) is 0 Å². The van der Waals surface area contributed by atoms with E-state index in [9.17, 15) is 9.90 Å². The second kappa shape index (κ2) is 3.82. The average Bonchev–Trinajstić information content (AvgIpc) is 2.75. The van der Waals surface area contributed by atoms with Crippen LogP contribution in [0.2, 0.25) is 0 Å². The summed E-state index contributed by atoms with van der Waals surface area (Å²) in [5, 5.41) is 17.3. The van der Waals surface area contributed by atoms with E-state index >= 15 is 0 Å². The Morgan fingerprint density at radius 2 is 2.18 bits per heavy atom. The molecule has 1 heterocycles. The van der Waals surface area contributed by atoms with Gasteiger partial charge in [-0.25, -0.2) is 4.79 Å². The van der Waals surface area contributed by atoms with Crippen molar-refractivity contribution < 1.29 is 9.90 Å². The summed E-state index contributed by atoms with van der Waals surface area (Å²) in [6.07, 6.45) is 8.96. The van der Waals surface area contributed by atoms with Gasteiger partial charge in [-0.1, -0.05) is 25.7 Å². The molecule has 0 aromatic carbocycles. The van der Waals surface area contributed by atoms with Crippen LogP contribution in [-0.4, -0.2) is 25.8 Å². The molecule has 5 heteroatoms. The third-order valence-electron chi connectivity index (χ3n) is 4.15. The van der Waals surface area contributed by atoms with Gasteiger partial charge in [0.2, 0.25) is 0 Å². The van der Waals surface area contributed by atoms with Crippen molar-refractivity contribution in [2.24, 2.45) is 5.92 Å². The number of hydrogen-bond acceptors (Lipinski definition) is 3. The Hall–Kier alpha value is -1.39. The molecular formula is C12H17N3O2. The van der Waals surface area contributed by atoms with E-state index in [-0.39, 0.29) is 0 Å². The number of aromatic nitrogens is 3. The van der Waals surface area contributed by atoms with Crippen LogP contribution in [0.15, 0.2) is 6.33 Å². The van der Waals surface area contributed by atoms with Crippen molar-refractivity contribution in [1.82, 2.24) is 14.8 Å². The number of nitrogens with zero attached hydrogens (tertiary/aromatic N) is 3. The maximum Gasteiger partial charge on any atom is 0.329 e. The Morgan fingerprint density at radius 3 is 2.76 bits per heavy atom. The molecule has 3 rings (SSSR count). The molecule has 2 fully saturated rings. The molecule has 0 saturated heterocycles. The van der Waals surface area contributed by atoms with Crippen LogP contribution in [0.4, 0.5) is 0 Å². The highest BCUT2D eigenvalue weighted by Gasteiger charge is 2.53. The number of hydrogen-bond donors (Lipinski definition) is 1. The fourth-order valence-corrected chi connectivity index (χ4v) is 2.90. The molecule has 2 aliphatic rings. The normalized spacial score (nSPS) is 22.8. The summed E-state index contributed by atoms with van der Waals surface area (Å²) in [6.45, 7) is 0. The number of rotatable bonds is 4. The topological polar surface area (TPSA) is 68.0 Å². The van der Waals surface area contributed by atoms with Crippen molar-refractivity contribution in [3.8, 4) is 0 Å². The van der Waals surface area contributed by atoms with Gasteiger partial charge in [-0.05, 0) is 18.8 Å². The first kappa shape index (κ1) is 10.7. The lowest BCUT2D eigenvalue weighted by atomic mass is 10.0. The van der Waals surface area contributed by atoms with Crippen molar-refractivity contribution in [2.75, 3.05) is 0 Å². The van der Waals surface area contributed by atoms with Crippen molar-refractivity contribution in [3.63, 3.8) is 0 Å². The van der Waals surface area contributed by atoms with Crippen molar-refractivity contribution in [1.29, 1.82) is 0 Å². The van der Waals surface area contributed by atoms with Gasteiger partial charge in [0, 0.05) is 6.42 Å². The van der Waals surface area contributed by atoms with E-state index in [0.717, 1.165) is 12.2 Å². The quantitative estimate of drug-likeness (QED) is 0.860. The fourth-order valence-electron chi connectivity index (χ4n) is 2.90. The van der Waals surface area contributed by atoms with E-state index in [1.807, 2.05) is 0 Å². The van der Waals surface area contributed by atoms with Crippen molar-refractivity contribution in [2.45, 2.75) is 50.5 Å². The molecule has 1 aromatic rings. The largest absolute Gasteiger partial charge is 0.479 e. The highest BCUT2D eigenvalue weighted by Crippen LogP contribution is 2.44. The van der Waals surface area contributed by atoms with Crippen molar-refractivity contribution >= 4 is 5.97 Å². The zero-order valence-corrected chi connectivity index (χ0v) is 9.80. The van der Waals surface area contributed by atoms with Crippen LogP contribution in [0, 0.1) is 5.92 Å². The van der Waals surface area contributed by atoms with Crippen LogP contribution in [0.25, 0.3) is 0 Å². The second-order valence-electron chi connectivity index (χ2n) is 5.31. The van der Waals surface area contributed by atoms with Crippen LogP contribution in [0.3, 0.4) is 0 Å². The lowest BCUT2D eigenvalue weighted by Gasteiger charge is -2.15. The predicted molar refractivity (Wildman–Crippen MR) is 60.5 cm³/mol. The lowest BCUT2D eigenvalue weighted by Crippen LogP contribution is -2.29. The molecule has 0 radical (unpaired) electrons. The maximum absolute atomic E-state index is 11.3. The lowest BCUT2D eigenvalue weighted by molar-refractivity contribution is -0.142. The molecular weight excluding hydrogens is 218 g/mol. The van der Waals surface area contributed by atoms with E-state index < -0.39 is 11.5 Å². The van der Waals surface area contributed by atoms with Gasteiger partial charge in [0.1, 0.15) is 17.7 Å². The number of carbonyl (C=O) groups is 1. The first-order valence-electron chi connectivity index (χ1n) is 6.35. The predicted octanol–water partition coefficient (Wildman–Crippen LogP) is 1.58. The molecule has 2 aliphatic carbocycles. The summed E-state index contributed by atoms with van der Waals surface area (Å²) >= 11 is 0. The number of aliphatic carboxylic acids is 1. The zero-order chi connectivity index (χ0) is 11.9. The highest BCUT2D eigenvalue weighted by molar-refractivity contribution is 5.80. The van der Waals surface area contributed by atoms with Gasteiger partial charge in [0.05, 0.1) is 0 Å². The van der Waals surface area contributed by atoms with Crippen LogP contribution in [0.5, 0.6) is 0 Å². The molecule has 0 unspecified atom stereocenters. The summed E-state index contributed by atoms with van der Waals surface area (Å²) in [5.74, 6) is 0.782. The minimum atomic E-state index is -0.745. The van der Waals surface area contributed by atoms with Crippen LogP contribution in [0.1, 0.15) is 44.3 Å². The first-order valence-corrected chi connectivity index (χ1v) is 6.35. The van der Waals surface area contributed by atoms with Gasteiger partial charge in [0.25, 0.3) is 0 Å². The highest BCUT2D eigenvalue weighted by atomic mass is 16.4. The molecule has 0 aliphatic heterocycles. The van der Waals surface area contributed by atoms with E-state index in [2.05, 4.69) is 10.2 Å². The maximum atomic E-state index is 11.3. The smallest absolute Gasteiger partial charge is 0.329 e. The summed E-state index contributed by atoms with van der Waals surface area (Å²) in [7, 11) is 0. The van der Waals surface area contributed by atoms with Gasteiger partial charge in [-0.15, -0.1) is 10.2 Å². The Balaban J connectivity index is 1.82. The minimum absolute atomic E-state index is 0.669. The molecule has 2 saturated carbocycles. The van der Waals surface area contributed by atoms with Gasteiger partial charge < -0.3 is 9.67 Å². The van der Waals surface area contributed by atoms with Crippen LogP contribution >= 0.6 is 0 Å². The molecule has 0 spiro atoms. The summed E-state index contributed by atoms with van der Waals surface area (Å²) in [6, 6.07) is 0. The molecule has 1 aromatic heterocycles. The Morgan fingerprint density at radius 1 is 1.47 bits per heavy atom. The summed E-state index contributed by atoms with van der Waals surface area (Å²) in [4.78, 5) is 11.3. The van der Waals surface area contributed by atoms with E-state index in [4.69, 9.17) is 0 Å². The Bertz CT molecular complexity index is 431. The Labute approximate surface area is 99.9 Å². The SMILES string of the molecule is O=C(O)C1(n2cnnc2CC2CCCC2)CC1. The monoisotopic (exact) mass is 235 g/mol. The third kappa shape index (κ3) is 1.73. The zero-order valence-electron chi connectivity index (χ0n) is 9.80. The average molecular weight is 235 g/mol. The standard InChI is InChI=1S/C12H17N3O2/c16-11(17)12(5-6-12)15-8-13-14-10(15)7-9-3-1-2-4-9/h8-9H,1-7H2,(H,16,17). The molecule has 0 atom stereocenters. The molecule has 1 N–H and O–H groups in total. The summed E-state index contributed by atoms with van der Waals surface area (Å²) < 4.78 is 1.80. The second-order valence-corrected chi connectivity index (χ2v) is 5.31. The number of carboxylic acids is 1. The van der Waals surface area contributed by atoms with Gasteiger partial charge in [-0.3, -0.25) is 0 Å².